The summed E-state index contributed by atoms with van der Waals surface area (Å²) in [6, 6.07) is 4.10. The third kappa shape index (κ3) is 3.66. The monoisotopic (exact) mass is 340 g/mol. The molecule has 1 heterocycles. The molecule has 1 aliphatic heterocycles. The van der Waals surface area contributed by atoms with Crippen molar-refractivity contribution in [1.82, 2.24) is 10.6 Å². The van der Waals surface area contributed by atoms with Crippen LogP contribution in [0, 0.1) is 5.82 Å². The van der Waals surface area contributed by atoms with E-state index in [-0.39, 0.29) is 23.4 Å². The molecule has 2 N–H and O–H groups in total. The highest BCUT2D eigenvalue weighted by Crippen LogP contribution is 2.29. The molecule has 0 spiro atoms. The maximum atomic E-state index is 14.2. The van der Waals surface area contributed by atoms with E-state index in [2.05, 4.69) is 10.6 Å². The normalized spacial score (nSPS) is 20.8. The van der Waals surface area contributed by atoms with Crippen molar-refractivity contribution < 1.29 is 14.0 Å². The first-order chi connectivity index (χ1) is 10.5. The Labute approximate surface area is 140 Å². The van der Waals surface area contributed by atoms with Gasteiger partial charge in [-0.25, -0.2) is 4.39 Å². The Kier molecular flexibility index (Phi) is 4.71. The molecule has 1 saturated heterocycles. The standard InChI is InChI=1S/C17H22ClFN2O2/c1-16(2,11-6-5-10(18)9-12(11)19)15(23)20-13-7-8-14(22)21-17(13,3)4/h5-6,9,13H,7-8H2,1-4H3,(H,20,23)(H,21,22). The minimum atomic E-state index is -1.05. The fraction of sp³-hybridized carbons (Fsp3) is 0.529. The first-order valence-corrected chi connectivity index (χ1v) is 7.99. The van der Waals surface area contributed by atoms with Crippen LogP contribution >= 0.6 is 11.6 Å². The predicted molar refractivity (Wildman–Crippen MR) is 87.8 cm³/mol. The van der Waals surface area contributed by atoms with E-state index >= 15 is 0 Å². The van der Waals surface area contributed by atoms with Gasteiger partial charge in [-0.3, -0.25) is 9.59 Å². The van der Waals surface area contributed by atoms with Gasteiger partial charge in [0.1, 0.15) is 5.82 Å². The second-order valence-corrected chi connectivity index (χ2v) is 7.52. The van der Waals surface area contributed by atoms with Crippen LogP contribution in [0.5, 0.6) is 0 Å². The number of carbonyl (C=O) groups is 2. The van der Waals surface area contributed by atoms with Crippen molar-refractivity contribution in [3.8, 4) is 0 Å². The Balaban J connectivity index is 2.20. The lowest BCUT2D eigenvalue weighted by Crippen LogP contribution is -2.63. The van der Waals surface area contributed by atoms with Crippen molar-refractivity contribution in [2.45, 2.75) is 57.5 Å². The first kappa shape index (κ1) is 17.7. The molecule has 0 aliphatic carbocycles. The summed E-state index contributed by atoms with van der Waals surface area (Å²) in [6.07, 6.45) is 0.924. The highest BCUT2D eigenvalue weighted by atomic mass is 35.5. The second kappa shape index (κ2) is 6.11. The van der Waals surface area contributed by atoms with Gasteiger partial charge in [0.15, 0.2) is 0 Å². The van der Waals surface area contributed by atoms with Crippen LogP contribution in [0.4, 0.5) is 4.39 Å². The Hall–Kier alpha value is -1.62. The molecule has 2 amide bonds. The summed E-state index contributed by atoms with van der Waals surface area (Å²) in [7, 11) is 0. The fourth-order valence-electron chi connectivity index (χ4n) is 2.86. The fourth-order valence-corrected chi connectivity index (χ4v) is 3.01. The molecule has 0 aromatic heterocycles. The van der Waals surface area contributed by atoms with Gasteiger partial charge in [-0.05, 0) is 46.2 Å². The van der Waals surface area contributed by atoms with Crippen LogP contribution in [-0.2, 0) is 15.0 Å². The summed E-state index contributed by atoms with van der Waals surface area (Å²) in [5.41, 5.74) is -1.30. The van der Waals surface area contributed by atoms with Gasteiger partial charge in [0.05, 0.1) is 17.0 Å². The molecule has 1 aromatic rings. The molecular weight excluding hydrogens is 319 g/mol. The zero-order chi connectivity index (χ0) is 17.4. The molecule has 0 radical (unpaired) electrons. The average molecular weight is 341 g/mol. The maximum Gasteiger partial charge on any atom is 0.230 e. The van der Waals surface area contributed by atoms with Crippen molar-refractivity contribution in [1.29, 1.82) is 0 Å². The third-order valence-corrected chi connectivity index (χ3v) is 4.71. The molecule has 1 fully saturated rings. The van der Waals surface area contributed by atoms with E-state index in [0.717, 1.165) is 0 Å². The van der Waals surface area contributed by atoms with Gasteiger partial charge >= 0.3 is 0 Å². The number of amides is 2. The summed E-state index contributed by atoms with van der Waals surface area (Å²) in [6.45, 7) is 7.07. The molecule has 0 saturated carbocycles. The number of hydrogen-bond donors (Lipinski definition) is 2. The van der Waals surface area contributed by atoms with E-state index in [1.807, 2.05) is 13.8 Å². The largest absolute Gasteiger partial charge is 0.350 e. The van der Waals surface area contributed by atoms with Gasteiger partial charge in [-0.1, -0.05) is 17.7 Å². The third-order valence-electron chi connectivity index (χ3n) is 4.47. The number of hydrogen-bond acceptors (Lipinski definition) is 2. The lowest BCUT2D eigenvalue weighted by molar-refractivity contribution is -0.131. The summed E-state index contributed by atoms with van der Waals surface area (Å²) in [4.78, 5) is 24.2. The number of benzene rings is 1. The van der Waals surface area contributed by atoms with Gasteiger partial charge in [-0.15, -0.1) is 0 Å². The topological polar surface area (TPSA) is 58.2 Å². The highest BCUT2D eigenvalue weighted by molar-refractivity contribution is 6.30. The zero-order valence-corrected chi connectivity index (χ0v) is 14.6. The smallest absolute Gasteiger partial charge is 0.230 e. The van der Waals surface area contributed by atoms with E-state index in [1.54, 1.807) is 19.9 Å². The minimum Gasteiger partial charge on any atom is -0.350 e. The van der Waals surface area contributed by atoms with Crippen molar-refractivity contribution in [2.75, 3.05) is 0 Å². The van der Waals surface area contributed by atoms with Crippen LogP contribution in [0.1, 0.15) is 46.1 Å². The van der Waals surface area contributed by atoms with E-state index in [9.17, 15) is 14.0 Å². The van der Waals surface area contributed by atoms with Crippen LogP contribution < -0.4 is 10.6 Å². The molecule has 1 unspecified atom stereocenters. The molecule has 1 aliphatic rings. The van der Waals surface area contributed by atoms with Gasteiger partial charge in [0, 0.05) is 17.0 Å². The van der Waals surface area contributed by atoms with Crippen molar-refractivity contribution >= 4 is 23.4 Å². The molecule has 1 aromatic carbocycles. The zero-order valence-electron chi connectivity index (χ0n) is 13.8. The Morgan fingerprint density at radius 3 is 2.65 bits per heavy atom. The molecule has 2 rings (SSSR count). The predicted octanol–water partition coefficient (Wildman–Crippen LogP) is 2.93. The summed E-state index contributed by atoms with van der Waals surface area (Å²) >= 11 is 5.77. The quantitative estimate of drug-likeness (QED) is 0.888. The Morgan fingerprint density at radius 1 is 1.43 bits per heavy atom. The molecule has 4 nitrogen and oxygen atoms in total. The first-order valence-electron chi connectivity index (χ1n) is 7.61. The molecule has 23 heavy (non-hydrogen) atoms. The molecule has 6 heteroatoms. The second-order valence-electron chi connectivity index (χ2n) is 7.08. The SMILES string of the molecule is CC(C)(C(=O)NC1CCC(=O)NC1(C)C)c1ccc(Cl)cc1F. The summed E-state index contributed by atoms with van der Waals surface area (Å²) in [5.74, 6) is -0.815. The summed E-state index contributed by atoms with van der Waals surface area (Å²) < 4.78 is 14.2. The van der Waals surface area contributed by atoms with Gasteiger partial charge in [0.25, 0.3) is 0 Å². The van der Waals surface area contributed by atoms with E-state index in [1.165, 1.54) is 12.1 Å². The molecule has 126 valence electrons. The van der Waals surface area contributed by atoms with Crippen molar-refractivity contribution in [3.05, 3.63) is 34.6 Å². The molecule has 0 bridgehead atoms. The van der Waals surface area contributed by atoms with Crippen molar-refractivity contribution in [2.24, 2.45) is 0 Å². The number of nitrogens with one attached hydrogen (secondary N) is 2. The average Bonchev–Trinajstić information content (AvgIpc) is 2.40. The Morgan fingerprint density at radius 2 is 2.09 bits per heavy atom. The number of rotatable bonds is 3. The maximum absolute atomic E-state index is 14.2. The highest BCUT2D eigenvalue weighted by Gasteiger charge is 2.40. The van der Waals surface area contributed by atoms with Crippen LogP contribution in [0.25, 0.3) is 0 Å². The Bertz CT molecular complexity index is 643. The van der Waals surface area contributed by atoms with Gasteiger partial charge in [-0.2, -0.15) is 0 Å². The number of halogens is 2. The van der Waals surface area contributed by atoms with E-state index in [0.29, 0.717) is 17.9 Å². The number of piperidine rings is 1. The van der Waals surface area contributed by atoms with Crippen LogP contribution in [0.2, 0.25) is 5.02 Å². The summed E-state index contributed by atoms with van der Waals surface area (Å²) in [5, 5.41) is 6.12. The lowest BCUT2D eigenvalue weighted by Gasteiger charge is -2.41. The van der Waals surface area contributed by atoms with E-state index < -0.39 is 16.8 Å². The van der Waals surface area contributed by atoms with E-state index in [4.69, 9.17) is 11.6 Å². The molecular formula is C17H22ClFN2O2. The number of carbonyl (C=O) groups excluding carboxylic acids is 2. The lowest BCUT2D eigenvalue weighted by atomic mass is 9.81. The van der Waals surface area contributed by atoms with Crippen LogP contribution in [0.15, 0.2) is 18.2 Å². The molecule has 1 atom stereocenters. The van der Waals surface area contributed by atoms with Gasteiger partial charge in [0.2, 0.25) is 11.8 Å². The van der Waals surface area contributed by atoms with Crippen molar-refractivity contribution in [3.63, 3.8) is 0 Å². The van der Waals surface area contributed by atoms with Crippen LogP contribution in [0.3, 0.4) is 0 Å². The van der Waals surface area contributed by atoms with Crippen LogP contribution in [-0.4, -0.2) is 23.4 Å². The van der Waals surface area contributed by atoms with Gasteiger partial charge < -0.3 is 10.6 Å². The minimum absolute atomic E-state index is 0.0245.